The average molecular weight is 351 g/mol. The average Bonchev–Trinajstić information content (AvgIpc) is 3.10. The fraction of sp³-hybridized carbons (Fsp3) is 0.588. The van der Waals surface area contributed by atoms with Crippen LogP contribution in [0.15, 0.2) is 18.3 Å². The van der Waals surface area contributed by atoms with E-state index in [0.29, 0.717) is 49.2 Å². The molecule has 0 saturated carbocycles. The molecule has 1 aromatic rings. The number of carbonyl (C=O) groups excluding carboxylic acids is 2. The SMILES string of the molecule is O=C(Nc1ccc(Cl)cn1)C1CCN(C(=O)CC2CCCN2)CC1. The van der Waals surface area contributed by atoms with Crippen molar-refractivity contribution < 1.29 is 9.59 Å². The van der Waals surface area contributed by atoms with Gasteiger partial charge >= 0.3 is 0 Å². The standard InChI is InChI=1S/C17H23ClN4O2/c18-13-3-4-15(20-11-13)21-17(24)12-5-8-22(9-6-12)16(23)10-14-2-1-7-19-14/h3-4,11-12,14,19H,1-2,5-10H2,(H,20,21,24). The van der Waals surface area contributed by atoms with Gasteiger partial charge in [0.05, 0.1) is 5.02 Å². The van der Waals surface area contributed by atoms with E-state index in [2.05, 4.69) is 15.6 Å². The summed E-state index contributed by atoms with van der Waals surface area (Å²) in [5.74, 6) is 0.605. The van der Waals surface area contributed by atoms with E-state index in [1.54, 1.807) is 12.1 Å². The van der Waals surface area contributed by atoms with E-state index in [1.807, 2.05) is 4.90 Å². The minimum absolute atomic E-state index is 0.0330. The van der Waals surface area contributed by atoms with E-state index in [4.69, 9.17) is 11.6 Å². The van der Waals surface area contributed by atoms with Crippen LogP contribution < -0.4 is 10.6 Å². The van der Waals surface area contributed by atoms with Crippen LogP contribution in [-0.2, 0) is 9.59 Å². The van der Waals surface area contributed by atoms with E-state index in [1.165, 1.54) is 6.20 Å². The maximum Gasteiger partial charge on any atom is 0.228 e. The van der Waals surface area contributed by atoms with Gasteiger partial charge < -0.3 is 15.5 Å². The van der Waals surface area contributed by atoms with Gasteiger partial charge in [-0.25, -0.2) is 4.98 Å². The van der Waals surface area contributed by atoms with E-state index in [-0.39, 0.29) is 17.7 Å². The molecule has 2 saturated heterocycles. The molecule has 7 heteroatoms. The van der Waals surface area contributed by atoms with Crippen LogP contribution in [0.2, 0.25) is 5.02 Å². The summed E-state index contributed by atoms with van der Waals surface area (Å²) in [7, 11) is 0. The van der Waals surface area contributed by atoms with Crippen molar-refractivity contribution in [3.8, 4) is 0 Å². The number of hydrogen-bond donors (Lipinski definition) is 2. The molecule has 3 rings (SSSR count). The van der Waals surface area contributed by atoms with Gasteiger partial charge in [0.2, 0.25) is 11.8 Å². The molecule has 6 nitrogen and oxygen atoms in total. The predicted octanol–water partition coefficient (Wildman–Crippen LogP) is 2.05. The second-order valence-corrected chi connectivity index (χ2v) is 6.94. The van der Waals surface area contributed by atoms with Crippen molar-refractivity contribution in [3.05, 3.63) is 23.4 Å². The van der Waals surface area contributed by atoms with Crippen molar-refractivity contribution in [2.24, 2.45) is 5.92 Å². The molecule has 0 aromatic carbocycles. The molecule has 1 aromatic heterocycles. The zero-order valence-electron chi connectivity index (χ0n) is 13.6. The van der Waals surface area contributed by atoms with Crippen molar-refractivity contribution >= 4 is 29.2 Å². The summed E-state index contributed by atoms with van der Waals surface area (Å²) in [4.78, 5) is 30.6. The van der Waals surface area contributed by atoms with Gasteiger partial charge in [0.25, 0.3) is 0 Å². The Morgan fingerprint density at radius 2 is 2.08 bits per heavy atom. The Morgan fingerprint density at radius 3 is 2.71 bits per heavy atom. The first-order chi connectivity index (χ1) is 11.6. The number of rotatable bonds is 4. The molecule has 0 spiro atoms. The molecule has 3 heterocycles. The molecule has 0 bridgehead atoms. The fourth-order valence-electron chi connectivity index (χ4n) is 3.34. The van der Waals surface area contributed by atoms with Crippen LogP contribution >= 0.6 is 11.6 Å². The monoisotopic (exact) mass is 350 g/mol. The third kappa shape index (κ3) is 4.45. The van der Waals surface area contributed by atoms with Crippen molar-refractivity contribution in [2.75, 3.05) is 25.0 Å². The highest BCUT2D eigenvalue weighted by molar-refractivity contribution is 6.30. The summed E-state index contributed by atoms with van der Waals surface area (Å²) < 4.78 is 0. The minimum atomic E-state index is -0.0730. The number of carbonyl (C=O) groups is 2. The Hall–Kier alpha value is -1.66. The largest absolute Gasteiger partial charge is 0.343 e. The van der Waals surface area contributed by atoms with Crippen LogP contribution in [0, 0.1) is 5.92 Å². The van der Waals surface area contributed by atoms with E-state index < -0.39 is 0 Å². The molecule has 2 N–H and O–H groups in total. The number of anilines is 1. The summed E-state index contributed by atoms with van der Waals surface area (Å²) in [5.41, 5.74) is 0. The lowest BCUT2D eigenvalue weighted by atomic mass is 9.95. The third-order valence-corrected chi connectivity index (χ3v) is 5.00. The van der Waals surface area contributed by atoms with Gasteiger partial charge in [-0.3, -0.25) is 9.59 Å². The van der Waals surface area contributed by atoms with Crippen LogP contribution in [-0.4, -0.2) is 47.4 Å². The zero-order chi connectivity index (χ0) is 16.9. The molecule has 1 unspecified atom stereocenters. The molecule has 24 heavy (non-hydrogen) atoms. The van der Waals surface area contributed by atoms with Crippen molar-refractivity contribution in [1.82, 2.24) is 15.2 Å². The molecule has 2 aliphatic rings. The summed E-state index contributed by atoms with van der Waals surface area (Å²) >= 11 is 5.79. The Bertz CT molecular complexity index is 579. The summed E-state index contributed by atoms with van der Waals surface area (Å²) in [6.07, 6.45) is 5.71. The number of nitrogens with zero attached hydrogens (tertiary/aromatic N) is 2. The van der Waals surface area contributed by atoms with Crippen LogP contribution in [0.5, 0.6) is 0 Å². The number of aromatic nitrogens is 1. The summed E-state index contributed by atoms with van der Waals surface area (Å²) in [6.45, 7) is 2.31. The molecule has 0 radical (unpaired) electrons. The predicted molar refractivity (Wildman–Crippen MR) is 92.8 cm³/mol. The smallest absolute Gasteiger partial charge is 0.228 e. The van der Waals surface area contributed by atoms with Gasteiger partial charge in [0.1, 0.15) is 5.82 Å². The zero-order valence-corrected chi connectivity index (χ0v) is 14.4. The maximum atomic E-state index is 12.3. The Morgan fingerprint density at radius 1 is 1.29 bits per heavy atom. The third-order valence-electron chi connectivity index (χ3n) is 4.78. The number of amides is 2. The highest BCUT2D eigenvalue weighted by atomic mass is 35.5. The van der Waals surface area contributed by atoms with Crippen molar-refractivity contribution in [2.45, 2.75) is 38.1 Å². The summed E-state index contributed by atoms with van der Waals surface area (Å²) in [6, 6.07) is 3.71. The molecule has 1 atom stereocenters. The lowest BCUT2D eigenvalue weighted by Gasteiger charge is -2.32. The molecule has 130 valence electrons. The number of halogens is 1. The van der Waals surface area contributed by atoms with Crippen molar-refractivity contribution in [3.63, 3.8) is 0 Å². The normalized spacial score (nSPS) is 21.7. The van der Waals surface area contributed by atoms with E-state index >= 15 is 0 Å². The number of piperidine rings is 1. The van der Waals surface area contributed by atoms with Gasteiger partial charge in [0.15, 0.2) is 0 Å². The molecular weight excluding hydrogens is 328 g/mol. The molecule has 2 amide bonds. The van der Waals surface area contributed by atoms with Crippen LogP contribution in [0.1, 0.15) is 32.1 Å². The minimum Gasteiger partial charge on any atom is -0.343 e. The van der Waals surface area contributed by atoms with Crippen molar-refractivity contribution in [1.29, 1.82) is 0 Å². The lowest BCUT2D eigenvalue weighted by Crippen LogP contribution is -2.43. The van der Waals surface area contributed by atoms with Gasteiger partial charge in [-0.1, -0.05) is 11.6 Å². The van der Waals surface area contributed by atoms with Crippen LogP contribution in [0.25, 0.3) is 0 Å². The second-order valence-electron chi connectivity index (χ2n) is 6.50. The van der Waals surface area contributed by atoms with Crippen LogP contribution in [0.3, 0.4) is 0 Å². The van der Waals surface area contributed by atoms with E-state index in [0.717, 1.165) is 19.4 Å². The molecule has 2 aliphatic heterocycles. The number of likely N-dealkylation sites (tertiary alicyclic amines) is 1. The number of hydrogen-bond acceptors (Lipinski definition) is 4. The lowest BCUT2D eigenvalue weighted by molar-refractivity contribution is -0.134. The Balaban J connectivity index is 1.44. The van der Waals surface area contributed by atoms with Gasteiger partial charge in [-0.05, 0) is 44.4 Å². The first-order valence-electron chi connectivity index (χ1n) is 8.55. The number of pyridine rings is 1. The van der Waals surface area contributed by atoms with Gasteiger partial charge in [-0.2, -0.15) is 0 Å². The topological polar surface area (TPSA) is 74.3 Å². The molecular formula is C17H23ClN4O2. The Kier molecular flexibility index (Phi) is 5.68. The first kappa shape index (κ1) is 17.2. The van der Waals surface area contributed by atoms with Gasteiger partial charge in [0, 0.05) is 37.7 Å². The maximum absolute atomic E-state index is 12.3. The fourth-order valence-corrected chi connectivity index (χ4v) is 3.45. The Labute approximate surface area is 147 Å². The quantitative estimate of drug-likeness (QED) is 0.871. The molecule has 0 aliphatic carbocycles. The molecule has 2 fully saturated rings. The highest BCUT2D eigenvalue weighted by Crippen LogP contribution is 2.21. The van der Waals surface area contributed by atoms with E-state index in [9.17, 15) is 9.59 Å². The first-order valence-corrected chi connectivity index (χ1v) is 8.93. The number of nitrogens with one attached hydrogen (secondary N) is 2. The van der Waals surface area contributed by atoms with Crippen LogP contribution in [0.4, 0.5) is 5.82 Å². The summed E-state index contributed by atoms with van der Waals surface area (Å²) in [5, 5.41) is 6.71. The highest BCUT2D eigenvalue weighted by Gasteiger charge is 2.29. The van der Waals surface area contributed by atoms with Gasteiger partial charge in [-0.15, -0.1) is 0 Å². The second kappa shape index (κ2) is 7.94.